The number of Topliss-reactive ketones (excluding diaryl/α,β-unsaturated/α-hetero) is 3. The van der Waals surface area contributed by atoms with Gasteiger partial charge in [0.15, 0.2) is 5.78 Å². The molecule has 0 bridgehead atoms. The number of piperazine rings is 1. The molecule has 2 heterocycles. The molecule has 4 aliphatic carbocycles. The van der Waals surface area contributed by atoms with Crippen LogP contribution in [0.2, 0.25) is 0 Å². The van der Waals surface area contributed by atoms with E-state index in [4.69, 9.17) is 5.73 Å². The van der Waals surface area contributed by atoms with Crippen molar-refractivity contribution in [1.29, 1.82) is 0 Å². The molecule has 4 saturated carbocycles. The number of rotatable bonds is 14. The van der Waals surface area contributed by atoms with Gasteiger partial charge in [0.1, 0.15) is 5.78 Å². The Morgan fingerprint density at radius 3 is 1.93 bits per heavy atom. The fourth-order valence-electron chi connectivity index (χ4n) is 12.4. The molecule has 3 amide bonds. The van der Waals surface area contributed by atoms with Crippen molar-refractivity contribution in [2.75, 3.05) is 19.6 Å². The standard InChI is InChI=1S/C44H70N4O6/c1-27-24-47(25-28(2)46-27)39(53)33(30-15-9-8-10-16-30)21-32(49)22-34(41(3,4)5)40(54)48-26-44(42(6,7)43(44)17-12-18-43)23-35(48)36(50)20-31(37(51)38(45)52)19-29-13-11-14-29/h27-31,33-35,46H,8-26H2,1-7H3,(H2,45,52)/t27-,28-,31?,33-,34+,35-,44+/m0/s1. The lowest BCUT2D eigenvalue weighted by molar-refractivity contribution is -0.147. The van der Waals surface area contributed by atoms with E-state index in [0.717, 1.165) is 70.6 Å². The van der Waals surface area contributed by atoms with Gasteiger partial charge in [-0.3, -0.25) is 28.8 Å². The van der Waals surface area contributed by atoms with Gasteiger partial charge in [-0.25, -0.2) is 0 Å². The predicted octanol–water partition coefficient (Wildman–Crippen LogP) is 6.02. The molecular formula is C44H70N4O6. The van der Waals surface area contributed by atoms with E-state index < -0.39 is 40.9 Å². The molecular weight excluding hydrogens is 681 g/mol. The summed E-state index contributed by atoms with van der Waals surface area (Å²) in [5.74, 6) is -3.39. The molecule has 6 fully saturated rings. The van der Waals surface area contributed by atoms with Gasteiger partial charge < -0.3 is 20.9 Å². The normalized spacial score (nSPS) is 31.0. The molecule has 1 unspecified atom stereocenters. The van der Waals surface area contributed by atoms with Gasteiger partial charge in [-0.1, -0.05) is 79.6 Å². The second-order valence-electron chi connectivity index (χ2n) is 20.5. The summed E-state index contributed by atoms with van der Waals surface area (Å²) in [6, 6.07) is -0.351. The fraction of sp³-hybridized carbons (Fsp3) is 0.864. The maximum absolute atomic E-state index is 15.1. The lowest BCUT2D eigenvalue weighted by Crippen LogP contribution is -2.57. The van der Waals surface area contributed by atoms with Crippen LogP contribution >= 0.6 is 0 Å². The van der Waals surface area contributed by atoms with Crippen molar-refractivity contribution in [2.45, 2.75) is 169 Å². The number of nitrogens with one attached hydrogen (secondary N) is 1. The molecule has 10 heteroatoms. The highest BCUT2D eigenvalue weighted by Gasteiger charge is 2.85. The quantitative estimate of drug-likeness (QED) is 0.207. The molecule has 0 aromatic heterocycles. The molecule has 0 aromatic carbocycles. The Morgan fingerprint density at radius 2 is 1.43 bits per heavy atom. The lowest BCUT2D eigenvalue weighted by Gasteiger charge is -2.40. The second-order valence-corrected chi connectivity index (χ2v) is 20.5. The van der Waals surface area contributed by atoms with Gasteiger partial charge in [-0.2, -0.15) is 0 Å². The number of carbonyl (C=O) groups is 6. The minimum atomic E-state index is -1.00. The first-order valence-electron chi connectivity index (χ1n) is 21.6. The molecule has 2 aliphatic heterocycles. The summed E-state index contributed by atoms with van der Waals surface area (Å²) in [4.78, 5) is 87.1. The van der Waals surface area contributed by atoms with Crippen molar-refractivity contribution in [3.63, 3.8) is 0 Å². The average molecular weight is 751 g/mol. The van der Waals surface area contributed by atoms with Gasteiger partial charge in [0, 0.05) is 74.1 Å². The Balaban J connectivity index is 1.24. The molecule has 0 radical (unpaired) electrons. The number of hydrogen-bond acceptors (Lipinski definition) is 7. The van der Waals surface area contributed by atoms with Crippen LogP contribution in [0.1, 0.15) is 151 Å². The number of hydrogen-bond donors (Lipinski definition) is 2. The zero-order valence-electron chi connectivity index (χ0n) is 34.5. The first-order valence-corrected chi connectivity index (χ1v) is 21.6. The van der Waals surface area contributed by atoms with E-state index in [1.165, 1.54) is 0 Å². The SMILES string of the molecule is C[C@H]1CN(C(=O)[C@@H](CC(=O)C[C@H](C(=O)N2C[C@]3(C[C@H]2C(=O)CC(CC2CCC2)C(=O)C(N)=O)C(C)(C)C32CCC2)C(C)(C)C)C2CCCCC2)C[C@H](C)N1. The van der Waals surface area contributed by atoms with Crippen LogP contribution in [-0.4, -0.2) is 82.6 Å². The maximum Gasteiger partial charge on any atom is 0.285 e. The summed E-state index contributed by atoms with van der Waals surface area (Å²) < 4.78 is 0. The summed E-state index contributed by atoms with van der Waals surface area (Å²) >= 11 is 0. The highest BCUT2D eigenvalue weighted by molar-refractivity contribution is 6.36. The summed E-state index contributed by atoms with van der Waals surface area (Å²) in [5, 5.41) is 3.51. The van der Waals surface area contributed by atoms with Crippen LogP contribution in [-0.2, 0) is 28.8 Å². The number of nitrogens with zero attached hydrogens (tertiary/aromatic N) is 2. The number of ketones is 3. The van der Waals surface area contributed by atoms with E-state index in [2.05, 4.69) is 33.0 Å². The van der Waals surface area contributed by atoms with Crippen molar-refractivity contribution in [3.05, 3.63) is 0 Å². The highest BCUT2D eigenvalue weighted by Crippen LogP contribution is 2.88. The highest BCUT2D eigenvalue weighted by atomic mass is 16.2. The minimum Gasteiger partial charge on any atom is -0.363 e. The Labute approximate surface area is 324 Å². The molecule has 54 heavy (non-hydrogen) atoms. The van der Waals surface area contributed by atoms with Crippen molar-refractivity contribution in [1.82, 2.24) is 15.1 Å². The Bertz CT molecular complexity index is 1480. The Kier molecular flexibility index (Phi) is 11.7. The third-order valence-electron chi connectivity index (χ3n) is 16.0. The van der Waals surface area contributed by atoms with Gasteiger partial charge in [0.05, 0.1) is 6.04 Å². The third-order valence-corrected chi connectivity index (χ3v) is 16.0. The van der Waals surface area contributed by atoms with E-state index in [-0.39, 0.29) is 76.9 Å². The van der Waals surface area contributed by atoms with Gasteiger partial charge >= 0.3 is 0 Å². The van der Waals surface area contributed by atoms with E-state index in [0.29, 0.717) is 38.4 Å². The van der Waals surface area contributed by atoms with Crippen LogP contribution < -0.4 is 11.1 Å². The minimum absolute atomic E-state index is 0.0244. The van der Waals surface area contributed by atoms with Crippen LogP contribution in [0.25, 0.3) is 0 Å². The molecule has 3 N–H and O–H groups in total. The first-order chi connectivity index (χ1) is 25.3. The Morgan fingerprint density at radius 1 is 0.796 bits per heavy atom. The fourth-order valence-corrected chi connectivity index (χ4v) is 12.4. The number of carbonyl (C=O) groups excluding carboxylic acids is 6. The van der Waals surface area contributed by atoms with Gasteiger partial charge in [0.25, 0.3) is 5.91 Å². The van der Waals surface area contributed by atoms with Gasteiger partial charge in [-0.15, -0.1) is 0 Å². The zero-order valence-corrected chi connectivity index (χ0v) is 34.5. The number of likely N-dealkylation sites (tertiary alicyclic amines) is 1. The summed E-state index contributed by atoms with van der Waals surface area (Å²) in [7, 11) is 0. The number of nitrogens with two attached hydrogens (primary N) is 1. The molecule has 2 saturated heterocycles. The third kappa shape index (κ3) is 7.47. The number of amides is 3. The molecule has 302 valence electrons. The predicted molar refractivity (Wildman–Crippen MR) is 208 cm³/mol. The number of fused-ring (bicyclic) bond motifs is 1. The van der Waals surface area contributed by atoms with Crippen LogP contribution in [0, 0.1) is 51.2 Å². The summed E-state index contributed by atoms with van der Waals surface area (Å²) in [6.45, 7) is 16.5. The van der Waals surface area contributed by atoms with Crippen molar-refractivity contribution < 1.29 is 28.8 Å². The smallest absolute Gasteiger partial charge is 0.285 e. The zero-order chi connectivity index (χ0) is 39.4. The van der Waals surface area contributed by atoms with Crippen molar-refractivity contribution >= 4 is 35.1 Å². The van der Waals surface area contributed by atoms with Crippen molar-refractivity contribution in [2.24, 2.45) is 57.0 Å². The monoisotopic (exact) mass is 751 g/mol. The van der Waals surface area contributed by atoms with Crippen LogP contribution in [0.5, 0.6) is 0 Å². The topological polar surface area (TPSA) is 147 Å². The van der Waals surface area contributed by atoms with Crippen LogP contribution in [0.15, 0.2) is 0 Å². The van der Waals surface area contributed by atoms with Crippen LogP contribution in [0.3, 0.4) is 0 Å². The molecule has 2 spiro atoms. The van der Waals surface area contributed by atoms with E-state index in [9.17, 15) is 24.0 Å². The molecule has 7 atom stereocenters. The molecule has 6 aliphatic rings. The van der Waals surface area contributed by atoms with Gasteiger partial charge in [0.2, 0.25) is 17.6 Å². The van der Waals surface area contributed by atoms with E-state index in [1.54, 1.807) is 4.90 Å². The van der Waals surface area contributed by atoms with E-state index in [1.807, 2.05) is 25.7 Å². The first kappa shape index (κ1) is 41.0. The maximum atomic E-state index is 15.1. The summed E-state index contributed by atoms with van der Waals surface area (Å²) in [5.41, 5.74) is 4.76. The van der Waals surface area contributed by atoms with Gasteiger partial charge in [-0.05, 0) is 80.5 Å². The number of primary amides is 1. The second kappa shape index (κ2) is 15.4. The van der Waals surface area contributed by atoms with E-state index >= 15 is 4.79 Å². The van der Waals surface area contributed by atoms with Crippen molar-refractivity contribution in [3.8, 4) is 0 Å². The molecule has 6 rings (SSSR count). The lowest BCUT2D eigenvalue weighted by atomic mass is 9.73. The Hall–Kier alpha value is -2.62. The van der Waals surface area contributed by atoms with Crippen LogP contribution in [0.4, 0.5) is 0 Å². The summed E-state index contributed by atoms with van der Waals surface area (Å²) in [6.07, 6.45) is 12.6. The molecule has 0 aromatic rings. The molecule has 10 nitrogen and oxygen atoms in total. The largest absolute Gasteiger partial charge is 0.363 e. The average Bonchev–Trinajstić information content (AvgIpc) is 3.27.